The Kier molecular flexibility index (Phi) is 5.07. The number of likely N-dealkylation sites (tertiary alicyclic amines) is 1. The molecule has 0 radical (unpaired) electrons. The van der Waals surface area contributed by atoms with Crippen LogP contribution in [0.1, 0.15) is 40.3 Å². The van der Waals surface area contributed by atoms with Crippen LogP contribution in [0, 0.1) is 19.8 Å². The number of aromatic nitrogens is 3. The summed E-state index contributed by atoms with van der Waals surface area (Å²) in [5.74, 6) is -2.30. The highest BCUT2D eigenvalue weighted by Gasteiger charge is 2.41. The topological polar surface area (TPSA) is 105 Å². The minimum atomic E-state index is -0.939. The third kappa shape index (κ3) is 3.60. The first kappa shape index (κ1) is 18.8. The van der Waals surface area contributed by atoms with Crippen molar-refractivity contribution in [3.05, 3.63) is 47.0 Å². The number of Topliss-reactive ketones (excluding diaryl/α,β-unsaturated/α-hetero) is 1. The molecule has 8 nitrogen and oxygen atoms in total. The van der Waals surface area contributed by atoms with Gasteiger partial charge in [-0.25, -0.2) is 0 Å². The molecule has 0 aromatic carbocycles. The van der Waals surface area contributed by atoms with E-state index in [0.717, 1.165) is 0 Å². The zero-order valence-corrected chi connectivity index (χ0v) is 15.5. The van der Waals surface area contributed by atoms with Crippen LogP contribution in [0.3, 0.4) is 0 Å². The van der Waals surface area contributed by atoms with Gasteiger partial charge in [-0.3, -0.25) is 24.0 Å². The van der Waals surface area contributed by atoms with Crippen molar-refractivity contribution in [1.29, 1.82) is 0 Å². The highest BCUT2D eigenvalue weighted by atomic mass is 16.4. The van der Waals surface area contributed by atoms with E-state index in [1.54, 1.807) is 37.1 Å². The molecule has 3 rings (SSSR count). The Morgan fingerprint density at radius 3 is 2.52 bits per heavy atom. The van der Waals surface area contributed by atoms with E-state index in [0.29, 0.717) is 29.2 Å². The van der Waals surface area contributed by atoms with E-state index in [1.807, 2.05) is 6.07 Å². The highest BCUT2D eigenvalue weighted by molar-refractivity contribution is 5.96. The number of rotatable bonds is 5. The Labute approximate surface area is 156 Å². The van der Waals surface area contributed by atoms with Crippen molar-refractivity contribution in [2.24, 2.45) is 5.92 Å². The molecule has 1 amide bonds. The Balaban J connectivity index is 1.79. The summed E-state index contributed by atoms with van der Waals surface area (Å²) >= 11 is 0. The second-order valence-electron chi connectivity index (χ2n) is 6.86. The standard InChI is InChI=1S/C19H22N4O4/c1-11-18(13(3)24)12(2)23(21-11)10-17(25)22-8-14(15(9-22)19(26)27)16-6-4-5-7-20-16/h4-7,14-15H,8-10H2,1-3H3,(H,26,27)/t14-,15-/m0/s1. The minimum Gasteiger partial charge on any atom is -0.481 e. The first-order chi connectivity index (χ1) is 12.8. The zero-order chi connectivity index (χ0) is 19.7. The molecule has 0 saturated carbocycles. The summed E-state index contributed by atoms with van der Waals surface area (Å²) in [6, 6.07) is 5.37. The predicted octanol–water partition coefficient (Wildman–Crippen LogP) is 1.42. The summed E-state index contributed by atoms with van der Waals surface area (Å²) in [6.07, 6.45) is 1.62. The van der Waals surface area contributed by atoms with E-state index in [2.05, 4.69) is 10.1 Å². The van der Waals surface area contributed by atoms with Crippen LogP contribution < -0.4 is 0 Å². The molecule has 1 aliphatic rings. The molecule has 0 spiro atoms. The molecule has 2 aromatic rings. The van der Waals surface area contributed by atoms with Crippen molar-refractivity contribution >= 4 is 17.7 Å². The fourth-order valence-corrected chi connectivity index (χ4v) is 3.74. The molecule has 27 heavy (non-hydrogen) atoms. The first-order valence-electron chi connectivity index (χ1n) is 8.76. The van der Waals surface area contributed by atoms with Crippen LogP contribution in [0.25, 0.3) is 0 Å². The molecule has 2 atom stereocenters. The number of aliphatic carboxylic acids is 1. The van der Waals surface area contributed by atoms with Crippen LogP contribution in [-0.4, -0.2) is 55.5 Å². The van der Waals surface area contributed by atoms with Crippen LogP contribution in [-0.2, 0) is 16.1 Å². The van der Waals surface area contributed by atoms with E-state index >= 15 is 0 Å². The van der Waals surface area contributed by atoms with Gasteiger partial charge in [0.1, 0.15) is 6.54 Å². The Bertz CT molecular complexity index is 891. The fraction of sp³-hybridized carbons (Fsp3) is 0.421. The van der Waals surface area contributed by atoms with Crippen molar-refractivity contribution in [1.82, 2.24) is 19.7 Å². The maximum Gasteiger partial charge on any atom is 0.309 e. The normalized spacial score (nSPS) is 19.3. The predicted molar refractivity (Wildman–Crippen MR) is 96.4 cm³/mol. The van der Waals surface area contributed by atoms with Gasteiger partial charge in [-0.1, -0.05) is 6.07 Å². The molecule has 142 valence electrons. The van der Waals surface area contributed by atoms with E-state index in [-0.39, 0.29) is 30.7 Å². The SMILES string of the molecule is CC(=O)c1c(C)nn(CC(=O)N2C[C@H](C(=O)O)[C@@H](c3ccccn3)C2)c1C. The average molecular weight is 370 g/mol. The molecule has 0 unspecified atom stereocenters. The lowest BCUT2D eigenvalue weighted by molar-refractivity contribution is -0.142. The van der Waals surface area contributed by atoms with E-state index < -0.39 is 11.9 Å². The van der Waals surface area contributed by atoms with Gasteiger partial charge >= 0.3 is 5.97 Å². The summed E-state index contributed by atoms with van der Waals surface area (Å²) in [7, 11) is 0. The summed E-state index contributed by atoms with van der Waals surface area (Å²) in [5.41, 5.74) is 2.43. The van der Waals surface area contributed by atoms with Gasteiger partial charge in [-0.15, -0.1) is 0 Å². The molecular weight excluding hydrogens is 348 g/mol. The van der Waals surface area contributed by atoms with E-state index in [1.165, 1.54) is 11.6 Å². The number of hydrogen-bond acceptors (Lipinski definition) is 5. The molecular formula is C19H22N4O4. The van der Waals surface area contributed by atoms with Crippen LogP contribution in [0.2, 0.25) is 0 Å². The fourth-order valence-electron chi connectivity index (χ4n) is 3.74. The monoisotopic (exact) mass is 370 g/mol. The lowest BCUT2D eigenvalue weighted by Gasteiger charge is -2.17. The van der Waals surface area contributed by atoms with Crippen molar-refractivity contribution in [3.63, 3.8) is 0 Å². The summed E-state index contributed by atoms with van der Waals surface area (Å²) in [4.78, 5) is 42.0. The lowest BCUT2D eigenvalue weighted by Crippen LogP contribution is -2.33. The van der Waals surface area contributed by atoms with Crippen molar-refractivity contribution in [2.75, 3.05) is 13.1 Å². The second kappa shape index (κ2) is 7.30. The minimum absolute atomic E-state index is 0.0266. The van der Waals surface area contributed by atoms with Crippen LogP contribution in [0.4, 0.5) is 0 Å². The number of carbonyl (C=O) groups is 3. The Morgan fingerprint density at radius 1 is 1.22 bits per heavy atom. The summed E-state index contributed by atoms with van der Waals surface area (Å²) < 4.78 is 1.51. The van der Waals surface area contributed by atoms with Gasteiger partial charge in [-0.05, 0) is 32.9 Å². The molecule has 0 aliphatic carbocycles. The maximum absolute atomic E-state index is 12.8. The van der Waals surface area contributed by atoms with Crippen molar-refractivity contribution in [2.45, 2.75) is 33.2 Å². The molecule has 1 N–H and O–H groups in total. The largest absolute Gasteiger partial charge is 0.481 e. The maximum atomic E-state index is 12.8. The number of carboxylic acids is 1. The number of nitrogens with zero attached hydrogens (tertiary/aromatic N) is 4. The number of ketones is 1. The number of hydrogen-bond donors (Lipinski definition) is 1. The van der Waals surface area contributed by atoms with Gasteiger partial charge in [-0.2, -0.15) is 5.10 Å². The van der Waals surface area contributed by atoms with Crippen LogP contribution in [0.5, 0.6) is 0 Å². The van der Waals surface area contributed by atoms with Gasteiger partial charge in [0.05, 0.1) is 17.2 Å². The van der Waals surface area contributed by atoms with Crippen LogP contribution >= 0.6 is 0 Å². The molecule has 3 heterocycles. The van der Waals surface area contributed by atoms with E-state index in [9.17, 15) is 19.5 Å². The average Bonchev–Trinajstić information content (AvgIpc) is 3.18. The molecule has 2 aromatic heterocycles. The van der Waals surface area contributed by atoms with Gasteiger partial charge < -0.3 is 10.0 Å². The smallest absolute Gasteiger partial charge is 0.309 e. The van der Waals surface area contributed by atoms with Gasteiger partial charge in [0.2, 0.25) is 5.91 Å². The van der Waals surface area contributed by atoms with E-state index in [4.69, 9.17) is 0 Å². The molecule has 1 aliphatic heterocycles. The molecule has 1 fully saturated rings. The van der Waals surface area contributed by atoms with Crippen molar-refractivity contribution in [3.8, 4) is 0 Å². The van der Waals surface area contributed by atoms with Crippen molar-refractivity contribution < 1.29 is 19.5 Å². The van der Waals surface area contributed by atoms with Gasteiger partial charge in [0.25, 0.3) is 0 Å². The molecule has 0 bridgehead atoms. The Morgan fingerprint density at radius 2 is 1.96 bits per heavy atom. The second-order valence-corrected chi connectivity index (χ2v) is 6.86. The zero-order valence-electron chi connectivity index (χ0n) is 15.5. The quantitative estimate of drug-likeness (QED) is 0.798. The molecule has 8 heteroatoms. The summed E-state index contributed by atoms with van der Waals surface area (Å²) in [6.45, 7) is 5.36. The highest BCUT2D eigenvalue weighted by Crippen LogP contribution is 2.32. The number of pyridine rings is 1. The number of amides is 1. The van der Waals surface area contributed by atoms with Gasteiger partial charge in [0, 0.05) is 36.6 Å². The lowest BCUT2D eigenvalue weighted by atomic mass is 9.93. The number of carboxylic acid groups (broad SMARTS) is 1. The first-order valence-corrected chi connectivity index (χ1v) is 8.76. The number of carbonyl (C=O) groups excluding carboxylic acids is 2. The third-order valence-corrected chi connectivity index (χ3v) is 5.08. The third-order valence-electron chi connectivity index (χ3n) is 5.08. The number of aryl methyl sites for hydroxylation is 1. The molecule has 1 saturated heterocycles. The Hall–Kier alpha value is -3.03. The summed E-state index contributed by atoms with van der Waals surface area (Å²) in [5, 5.41) is 13.9. The van der Waals surface area contributed by atoms with Gasteiger partial charge in [0.15, 0.2) is 5.78 Å². The van der Waals surface area contributed by atoms with Crippen LogP contribution in [0.15, 0.2) is 24.4 Å².